The standard InChI is InChI=1S/C24H19Cl2N3/c1-14-21(19-10-2-3-11-20(19)27-14)24-28-22(15-6-4-8-17(25)12-15)23(29-24)16-7-5-9-18(26)13-16/h2-14,21,27H,1H3,(H,28,29). The zero-order valence-electron chi connectivity index (χ0n) is 15.8. The number of hydrogen-bond donors (Lipinski definition) is 2. The molecule has 5 rings (SSSR count). The molecule has 3 nitrogen and oxygen atoms in total. The van der Waals surface area contributed by atoms with Crippen molar-refractivity contribution in [2.45, 2.75) is 18.9 Å². The molecular formula is C24H19Cl2N3. The summed E-state index contributed by atoms with van der Waals surface area (Å²) in [4.78, 5) is 8.67. The van der Waals surface area contributed by atoms with Crippen LogP contribution < -0.4 is 5.32 Å². The average Bonchev–Trinajstić information content (AvgIpc) is 3.28. The fraction of sp³-hybridized carbons (Fsp3) is 0.125. The van der Waals surface area contributed by atoms with Gasteiger partial charge in [0.05, 0.1) is 17.3 Å². The van der Waals surface area contributed by atoms with Crippen LogP contribution in [0.5, 0.6) is 0 Å². The number of rotatable bonds is 3. The average molecular weight is 420 g/mol. The van der Waals surface area contributed by atoms with Crippen LogP contribution in [-0.4, -0.2) is 16.0 Å². The van der Waals surface area contributed by atoms with Gasteiger partial charge in [0.25, 0.3) is 0 Å². The molecule has 0 aliphatic carbocycles. The Morgan fingerprint density at radius 3 is 2.28 bits per heavy atom. The number of halogens is 2. The summed E-state index contributed by atoms with van der Waals surface area (Å²) in [5, 5.41) is 4.95. The van der Waals surface area contributed by atoms with Crippen molar-refractivity contribution in [2.24, 2.45) is 0 Å². The van der Waals surface area contributed by atoms with Crippen LogP contribution in [0, 0.1) is 0 Å². The molecule has 29 heavy (non-hydrogen) atoms. The third kappa shape index (κ3) is 3.31. The number of H-pyrrole nitrogens is 1. The zero-order chi connectivity index (χ0) is 20.0. The molecule has 0 radical (unpaired) electrons. The number of nitrogens with one attached hydrogen (secondary N) is 2. The summed E-state index contributed by atoms with van der Waals surface area (Å²) in [7, 11) is 0. The van der Waals surface area contributed by atoms with Gasteiger partial charge in [0.2, 0.25) is 0 Å². The van der Waals surface area contributed by atoms with E-state index >= 15 is 0 Å². The van der Waals surface area contributed by atoms with Gasteiger partial charge in [0.1, 0.15) is 5.82 Å². The monoisotopic (exact) mass is 419 g/mol. The largest absolute Gasteiger partial charge is 0.381 e. The molecule has 1 aliphatic rings. The summed E-state index contributed by atoms with van der Waals surface area (Å²) >= 11 is 12.6. The Morgan fingerprint density at radius 2 is 1.52 bits per heavy atom. The van der Waals surface area contributed by atoms with E-state index < -0.39 is 0 Å². The van der Waals surface area contributed by atoms with Crippen molar-refractivity contribution >= 4 is 28.9 Å². The molecule has 144 valence electrons. The maximum atomic E-state index is 6.28. The fourth-order valence-corrected chi connectivity index (χ4v) is 4.50. The smallest absolute Gasteiger partial charge is 0.117 e. The summed E-state index contributed by atoms with van der Waals surface area (Å²) in [6.45, 7) is 2.19. The first kappa shape index (κ1) is 18.3. The molecule has 2 unspecified atom stereocenters. The summed E-state index contributed by atoms with van der Waals surface area (Å²) in [6, 6.07) is 24.3. The summed E-state index contributed by atoms with van der Waals surface area (Å²) < 4.78 is 0. The Hall–Kier alpha value is -2.75. The maximum Gasteiger partial charge on any atom is 0.117 e. The van der Waals surface area contributed by atoms with Crippen LogP contribution >= 0.6 is 23.2 Å². The van der Waals surface area contributed by atoms with Gasteiger partial charge < -0.3 is 10.3 Å². The second-order valence-electron chi connectivity index (χ2n) is 7.36. The van der Waals surface area contributed by atoms with Crippen LogP contribution in [-0.2, 0) is 0 Å². The van der Waals surface area contributed by atoms with Crippen molar-refractivity contribution in [1.82, 2.24) is 9.97 Å². The highest BCUT2D eigenvalue weighted by Crippen LogP contribution is 2.41. The number of aromatic nitrogens is 2. The molecule has 0 saturated carbocycles. The van der Waals surface area contributed by atoms with Crippen molar-refractivity contribution in [3.63, 3.8) is 0 Å². The SMILES string of the molecule is CC1Nc2ccccc2C1c1nc(-c2cccc(Cl)c2)c(-c2cccc(Cl)c2)[nH]1. The van der Waals surface area contributed by atoms with E-state index in [1.165, 1.54) is 5.56 Å². The highest BCUT2D eigenvalue weighted by atomic mass is 35.5. The fourth-order valence-electron chi connectivity index (χ4n) is 4.12. The van der Waals surface area contributed by atoms with E-state index in [1.54, 1.807) is 0 Å². The lowest BCUT2D eigenvalue weighted by Crippen LogP contribution is -2.18. The minimum absolute atomic E-state index is 0.136. The molecule has 3 aromatic carbocycles. The second-order valence-corrected chi connectivity index (χ2v) is 8.24. The van der Waals surface area contributed by atoms with Crippen molar-refractivity contribution in [1.29, 1.82) is 0 Å². The molecule has 2 heterocycles. The molecule has 1 aromatic heterocycles. The summed E-state index contributed by atoms with van der Waals surface area (Å²) in [5.74, 6) is 1.07. The van der Waals surface area contributed by atoms with Gasteiger partial charge in [0.15, 0.2) is 0 Å². The van der Waals surface area contributed by atoms with Gasteiger partial charge in [0, 0.05) is 32.9 Å². The molecule has 0 bridgehead atoms. The van der Waals surface area contributed by atoms with Crippen LogP contribution in [0.1, 0.15) is 24.2 Å². The molecule has 0 saturated heterocycles. The number of benzene rings is 3. The highest BCUT2D eigenvalue weighted by Gasteiger charge is 2.33. The Bertz CT molecular complexity index is 1140. The maximum absolute atomic E-state index is 6.28. The van der Waals surface area contributed by atoms with Gasteiger partial charge in [-0.2, -0.15) is 0 Å². The molecule has 0 spiro atoms. The Labute approximate surface area is 179 Å². The number of fused-ring (bicyclic) bond motifs is 1. The Kier molecular flexibility index (Phi) is 4.57. The lowest BCUT2D eigenvalue weighted by Gasteiger charge is -2.13. The van der Waals surface area contributed by atoms with E-state index in [0.29, 0.717) is 10.0 Å². The van der Waals surface area contributed by atoms with E-state index in [0.717, 1.165) is 34.0 Å². The van der Waals surface area contributed by atoms with Crippen LogP contribution in [0.2, 0.25) is 10.0 Å². The summed E-state index contributed by atoms with van der Waals surface area (Å²) in [5.41, 5.74) is 6.21. The van der Waals surface area contributed by atoms with E-state index in [4.69, 9.17) is 28.2 Å². The van der Waals surface area contributed by atoms with Crippen molar-refractivity contribution in [2.75, 3.05) is 5.32 Å². The molecule has 1 aliphatic heterocycles. The van der Waals surface area contributed by atoms with E-state index in [1.807, 2.05) is 48.5 Å². The van der Waals surface area contributed by atoms with Gasteiger partial charge in [-0.25, -0.2) is 4.98 Å². The summed E-state index contributed by atoms with van der Waals surface area (Å²) in [6.07, 6.45) is 0. The van der Waals surface area contributed by atoms with Crippen molar-refractivity contribution in [3.05, 3.63) is 94.2 Å². The molecular weight excluding hydrogens is 401 g/mol. The van der Waals surface area contributed by atoms with Crippen LogP contribution in [0.3, 0.4) is 0 Å². The quantitative estimate of drug-likeness (QED) is 0.375. The third-order valence-electron chi connectivity index (χ3n) is 5.41. The molecule has 0 fully saturated rings. The lowest BCUT2D eigenvalue weighted by atomic mass is 9.95. The van der Waals surface area contributed by atoms with Gasteiger partial charge in [-0.1, -0.05) is 65.7 Å². The minimum Gasteiger partial charge on any atom is -0.381 e. The molecule has 2 atom stereocenters. The minimum atomic E-state index is 0.136. The Balaban J connectivity index is 1.70. The van der Waals surface area contributed by atoms with E-state index in [2.05, 4.69) is 41.5 Å². The predicted molar refractivity (Wildman–Crippen MR) is 121 cm³/mol. The zero-order valence-corrected chi connectivity index (χ0v) is 17.3. The number of anilines is 1. The molecule has 2 N–H and O–H groups in total. The van der Waals surface area contributed by atoms with Gasteiger partial charge in [-0.15, -0.1) is 0 Å². The third-order valence-corrected chi connectivity index (χ3v) is 5.88. The normalized spacial score (nSPS) is 17.8. The van der Waals surface area contributed by atoms with Crippen LogP contribution in [0.25, 0.3) is 22.5 Å². The van der Waals surface area contributed by atoms with Gasteiger partial charge in [-0.05, 0) is 42.8 Å². The van der Waals surface area contributed by atoms with E-state index in [9.17, 15) is 0 Å². The van der Waals surface area contributed by atoms with Crippen LogP contribution in [0.15, 0.2) is 72.8 Å². The molecule has 4 aromatic rings. The first-order valence-corrected chi connectivity index (χ1v) is 10.3. The number of hydrogen-bond acceptors (Lipinski definition) is 2. The van der Waals surface area contributed by atoms with Crippen molar-refractivity contribution < 1.29 is 0 Å². The van der Waals surface area contributed by atoms with E-state index in [-0.39, 0.29) is 12.0 Å². The number of para-hydroxylation sites is 1. The number of imidazole rings is 1. The highest BCUT2D eigenvalue weighted by molar-refractivity contribution is 6.31. The van der Waals surface area contributed by atoms with Crippen LogP contribution in [0.4, 0.5) is 5.69 Å². The molecule has 0 amide bonds. The topological polar surface area (TPSA) is 40.7 Å². The van der Waals surface area contributed by atoms with Gasteiger partial charge >= 0.3 is 0 Å². The first-order chi connectivity index (χ1) is 14.1. The molecule has 5 heteroatoms. The lowest BCUT2D eigenvalue weighted by molar-refractivity contribution is 0.691. The predicted octanol–water partition coefficient (Wildman–Crippen LogP) is 7.00. The number of aromatic amines is 1. The number of nitrogens with zero attached hydrogens (tertiary/aromatic N) is 1. The Morgan fingerprint density at radius 1 is 0.828 bits per heavy atom. The second kappa shape index (κ2) is 7.25. The first-order valence-electron chi connectivity index (χ1n) is 9.57. The van der Waals surface area contributed by atoms with Gasteiger partial charge in [-0.3, -0.25) is 0 Å². The van der Waals surface area contributed by atoms with Crippen molar-refractivity contribution in [3.8, 4) is 22.5 Å².